The Morgan fingerprint density at radius 3 is 2.43 bits per heavy atom. The van der Waals surface area contributed by atoms with E-state index >= 15 is 0 Å². The molecule has 0 aliphatic rings. The number of carbonyl (C=O) groups excluding carboxylic acids is 2. The van der Waals surface area contributed by atoms with Gasteiger partial charge in [0, 0.05) is 45.8 Å². The van der Waals surface area contributed by atoms with Crippen molar-refractivity contribution < 1.29 is 22.8 Å². The zero-order valence-electron chi connectivity index (χ0n) is 16.5. The van der Waals surface area contributed by atoms with Crippen molar-refractivity contribution in [2.24, 2.45) is 0 Å². The average molecular weight is 423 g/mol. The molecule has 0 bridgehead atoms. The van der Waals surface area contributed by atoms with Gasteiger partial charge in [0.05, 0.1) is 5.56 Å². The van der Waals surface area contributed by atoms with Crippen LogP contribution in [0.4, 0.5) is 23.8 Å². The molecule has 10 heteroatoms. The number of aromatic nitrogens is 1. The van der Waals surface area contributed by atoms with Crippen LogP contribution in [0, 0.1) is 0 Å². The molecule has 1 aromatic heterocycles. The molecule has 0 aliphatic heterocycles. The molecule has 2 aromatic rings. The first-order valence-corrected chi connectivity index (χ1v) is 9.33. The summed E-state index contributed by atoms with van der Waals surface area (Å²) in [6.45, 7) is 0.792. The number of anilines is 1. The molecule has 0 radical (unpaired) electrons. The SMILES string of the molecule is CN(Cc1ccccc1)C(=O)NCCC(=O)NCCNc1ncccc1C(F)(F)F. The second kappa shape index (κ2) is 11.0. The minimum absolute atomic E-state index is 0.0578. The summed E-state index contributed by atoms with van der Waals surface area (Å²) in [6, 6.07) is 11.3. The third-order valence-corrected chi connectivity index (χ3v) is 4.09. The highest BCUT2D eigenvalue weighted by molar-refractivity contribution is 5.78. The fourth-order valence-electron chi connectivity index (χ4n) is 2.59. The van der Waals surface area contributed by atoms with Gasteiger partial charge in [0.1, 0.15) is 5.82 Å². The van der Waals surface area contributed by atoms with Crippen LogP contribution in [-0.4, -0.2) is 48.5 Å². The maximum absolute atomic E-state index is 12.9. The Morgan fingerprint density at radius 2 is 1.73 bits per heavy atom. The van der Waals surface area contributed by atoms with Crippen LogP contribution in [-0.2, 0) is 17.5 Å². The van der Waals surface area contributed by atoms with Crippen LogP contribution >= 0.6 is 0 Å². The molecule has 0 unspecified atom stereocenters. The van der Waals surface area contributed by atoms with Gasteiger partial charge >= 0.3 is 12.2 Å². The smallest absolute Gasteiger partial charge is 0.368 e. The molecule has 3 amide bonds. The van der Waals surface area contributed by atoms with Crippen molar-refractivity contribution in [3.63, 3.8) is 0 Å². The molecule has 0 aliphatic carbocycles. The van der Waals surface area contributed by atoms with E-state index in [2.05, 4.69) is 20.9 Å². The maximum Gasteiger partial charge on any atom is 0.419 e. The van der Waals surface area contributed by atoms with E-state index in [0.717, 1.165) is 11.6 Å². The lowest BCUT2D eigenvalue weighted by Crippen LogP contribution is -2.39. The Kier molecular flexibility index (Phi) is 8.45. The zero-order chi connectivity index (χ0) is 22.0. The number of amides is 3. The third-order valence-electron chi connectivity index (χ3n) is 4.09. The van der Waals surface area contributed by atoms with Crippen LogP contribution in [0.3, 0.4) is 0 Å². The van der Waals surface area contributed by atoms with Crippen LogP contribution in [0.1, 0.15) is 17.5 Å². The molecule has 0 atom stereocenters. The first-order chi connectivity index (χ1) is 14.3. The normalized spacial score (nSPS) is 10.9. The van der Waals surface area contributed by atoms with Crippen LogP contribution in [0.15, 0.2) is 48.7 Å². The number of benzene rings is 1. The Labute approximate surface area is 172 Å². The Hall–Kier alpha value is -3.30. The lowest BCUT2D eigenvalue weighted by molar-refractivity contribution is -0.137. The summed E-state index contributed by atoms with van der Waals surface area (Å²) >= 11 is 0. The van der Waals surface area contributed by atoms with Crippen molar-refractivity contribution in [1.82, 2.24) is 20.5 Å². The number of nitrogens with one attached hydrogen (secondary N) is 3. The van der Waals surface area contributed by atoms with E-state index in [4.69, 9.17) is 0 Å². The number of urea groups is 1. The van der Waals surface area contributed by atoms with Crippen molar-refractivity contribution in [2.45, 2.75) is 19.1 Å². The van der Waals surface area contributed by atoms with Crippen LogP contribution in [0.2, 0.25) is 0 Å². The lowest BCUT2D eigenvalue weighted by atomic mass is 10.2. The van der Waals surface area contributed by atoms with E-state index in [1.807, 2.05) is 30.3 Å². The van der Waals surface area contributed by atoms with E-state index in [1.165, 1.54) is 17.2 Å². The van der Waals surface area contributed by atoms with Crippen molar-refractivity contribution in [1.29, 1.82) is 0 Å². The fraction of sp³-hybridized carbons (Fsp3) is 0.350. The molecule has 3 N–H and O–H groups in total. The first kappa shape index (κ1) is 23.0. The summed E-state index contributed by atoms with van der Waals surface area (Å²) < 4.78 is 38.6. The van der Waals surface area contributed by atoms with E-state index in [9.17, 15) is 22.8 Å². The lowest BCUT2D eigenvalue weighted by Gasteiger charge is -2.18. The number of pyridine rings is 1. The van der Waals surface area contributed by atoms with Crippen molar-refractivity contribution in [3.8, 4) is 0 Å². The molecule has 1 heterocycles. The second-order valence-corrected chi connectivity index (χ2v) is 6.50. The molecule has 0 saturated carbocycles. The highest BCUT2D eigenvalue weighted by Gasteiger charge is 2.33. The number of carbonyl (C=O) groups is 2. The Bertz CT molecular complexity index is 831. The molecule has 0 saturated heterocycles. The topological polar surface area (TPSA) is 86.4 Å². The van der Waals surface area contributed by atoms with Crippen molar-refractivity contribution in [2.75, 3.05) is 32.0 Å². The predicted molar refractivity (Wildman–Crippen MR) is 107 cm³/mol. The van der Waals surface area contributed by atoms with Gasteiger partial charge in [-0.3, -0.25) is 4.79 Å². The Morgan fingerprint density at radius 1 is 1.00 bits per heavy atom. The monoisotopic (exact) mass is 423 g/mol. The predicted octanol–water partition coefficient (Wildman–Crippen LogP) is 2.86. The van der Waals surface area contributed by atoms with Gasteiger partial charge in [-0.05, 0) is 17.7 Å². The standard InChI is InChI=1S/C20H24F3N5O2/c1-28(14-15-6-3-2-4-7-15)19(30)27-11-9-17(29)24-12-13-26-18-16(20(21,22)23)8-5-10-25-18/h2-8,10H,9,11-14H2,1H3,(H,24,29)(H,25,26)(H,27,30). The molecule has 2 rings (SSSR count). The number of halogens is 3. The van der Waals surface area contributed by atoms with E-state index in [-0.39, 0.29) is 43.8 Å². The van der Waals surface area contributed by atoms with Gasteiger partial charge in [0.2, 0.25) is 5.91 Å². The molecule has 7 nitrogen and oxygen atoms in total. The van der Waals surface area contributed by atoms with Gasteiger partial charge in [0.15, 0.2) is 0 Å². The molecule has 1 aromatic carbocycles. The van der Waals surface area contributed by atoms with Crippen LogP contribution in [0.5, 0.6) is 0 Å². The molecule has 0 spiro atoms. The fourth-order valence-corrected chi connectivity index (χ4v) is 2.59. The average Bonchev–Trinajstić information content (AvgIpc) is 2.71. The maximum atomic E-state index is 12.9. The van der Waals surface area contributed by atoms with Gasteiger partial charge in [-0.2, -0.15) is 13.2 Å². The van der Waals surface area contributed by atoms with Crippen molar-refractivity contribution >= 4 is 17.8 Å². The van der Waals surface area contributed by atoms with Gasteiger partial charge in [0.25, 0.3) is 0 Å². The molecule has 162 valence electrons. The second-order valence-electron chi connectivity index (χ2n) is 6.50. The Balaban J connectivity index is 1.63. The minimum atomic E-state index is -4.51. The summed E-state index contributed by atoms with van der Waals surface area (Å²) in [5, 5.41) is 7.79. The minimum Gasteiger partial charge on any atom is -0.368 e. The third kappa shape index (κ3) is 7.61. The highest BCUT2D eigenvalue weighted by Crippen LogP contribution is 2.33. The number of nitrogens with zero attached hydrogens (tertiary/aromatic N) is 2. The molecular formula is C20H24F3N5O2. The number of hydrogen-bond acceptors (Lipinski definition) is 4. The van der Waals surface area contributed by atoms with E-state index in [1.54, 1.807) is 7.05 Å². The van der Waals surface area contributed by atoms with Crippen molar-refractivity contribution in [3.05, 3.63) is 59.8 Å². The summed E-state index contributed by atoms with van der Waals surface area (Å²) in [5.41, 5.74) is 0.126. The summed E-state index contributed by atoms with van der Waals surface area (Å²) in [4.78, 5) is 29.0. The van der Waals surface area contributed by atoms with Crippen LogP contribution < -0.4 is 16.0 Å². The number of rotatable bonds is 9. The van der Waals surface area contributed by atoms with Gasteiger partial charge in [-0.1, -0.05) is 30.3 Å². The highest BCUT2D eigenvalue weighted by atomic mass is 19.4. The first-order valence-electron chi connectivity index (χ1n) is 9.33. The zero-order valence-corrected chi connectivity index (χ0v) is 16.5. The van der Waals surface area contributed by atoms with Gasteiger partial charge < -0.3 is 20.9 Å². The molecule has 0 fully saturated rings. The van der Waals surface area contributed by atoms with Crippen LogP contribution in [0.25, 0.3) is 0 Å². The quantitative estimate of drug-likeness (QED) is 0.542. The summed E-state index contributed by atoms with van der Waals surface area (Å²) in [6.07, 6.45) is -3.19. The van der Waals surface area contributed by atoms with Gasteiger partial charge in [-0.25, -0.2) is 9.78 Å². The van der Waals surface area contributed by atoms with Gasteiger partial charge in [-0.15, -0.1) is 0 Å². The number of hydrogen-bond donors (Lipinski definition) is 3. The molecule has 30 heavy (non-hydrogen) atoms. The number of alkyl halides is 3. The molecular weight excluding hydrogens is 399 g/mol. The summed E-state index contributed by atoms with van der Waals surface area (Å²) in [5.74, 6) is -0.604. The summed E-state index contributed by atoms with van der Waals surface area (Å²) in [7, 11) is 1.65. The largest absolute Gasteiger partial charge is 0.419 e. The van der Waals surface area contributed by atoms with E-state index in [0.29, 0.717) is 6.54 Å². The van der Waals surface area contributed by atoms with E-state index < -0.39 is 11.7 Å².